The third kappa shape index (κ3) is 6.11. The number of fused-ring (bicyclic) bond motifs is 1. The van der Waals surface area contributed by atoms with E-state index in [0.29, 0.717) is 38.0 Å². The van der Waals surface area contributed by atoms with Crippen LogP contribution in [0.1, 0.15) is 81.8 Å². The molecule has 0 spiro atoms. The lowest BCUT2D eigenvalue weighted by atomic mass is 9.93. The Morgan fingerprint density at radius 2 is 1.91 bits per heavy atom. The number of aromatic amines is 1. The zero-order valence-corrected chi connectivity index (χ0v) is 19.6. The third-order valence-electron chi connectivity index (χ3n) is 5.42. The monoisotopic (exact) mass is 460 g/mol. The summed E-state index contributed by atoms with van der Waals surface area (Å²) in [5.74, 6) is -0.868. The number of unbranched alkanes of at least 4 members (excludes halogenated alkanes) is 1. The van der Waals surface area contributed by atoms with Gasteiger partial charge in [0.2, 0.25) is 5.91 Å². The number of rotatable bonds is 5. The number of hydrazine groups is 1. The van der Waals surface area contributed by atoms with Gasteiger partial charge in [0.15, 0.2) is 0 Å². The van der Waals surface area contributed by atoms with Gasteiger partial charge in [0.05, 0.1) is 11.9 Å². The lowest BCUT2D eigenvalue weighted by molar-refractivity contribution is -0.121. The normalized spacial score (nSPS) is 14.8. The summed E-state index contributed by atoms with van der Waals surface area (Å²) < 4.78 is 6.98. The summed E-state index contributed by atoms with van der Waals surface area (Å²) in [6, 6.07) is 1.47. The molecule has 3 N–H and O–H groups in total. The first-order valence-corrected chi connectivity index (χ1v) is 11.3. The van der Waals surface area contributed by atoms with E-state index in [4.69, 9.17) is 4.74 Å². The maximum atomic E-state index is 12.6. The summed E-state index contributed by atoms with van der Waals surface area (Å²) in [6.07, 6.45) is 4.18. The minimum absolute atomic E-state index is 0.0157. The van der Waals surface area contributed by atoms with Crippen LogP contribution in [-0.2, 0) is 9.53 Å². The molecule has 1 saturated heterocycles. The SMILES string of the molecule is CCCCC(=O)NNC(=O)c1cnn2c(C3CCN(C(=O)OC(C)(C)C)CC3)cc(=O)[nH]c12. The van der Waals surface area contributed by atoms with Crippen LogP contribution in [0.4, 0.5) is 4.79 Å². The number of ether oxygens (including phenoxy) is 1. The van der Waals surface area contributed by atoms with Crippen molar-refractivity contribution in [2.75, 3.05) is 13.1 Å². The molecule has 1 aliphatic rings. The Morgan fingerprint density at radius 1 is 1.21 bits per heavy atom. The molecule has 0 saturated carbocycles. The fraction of sp³-hybridized carbons (Fsp3) is 0.591. The number of carbonyl (C=O) groups is 3. The van der Waals surface area contributed by atoms with Crippen LogP contribution in [0.3, 0.4) is 0 Å². The number of carbonyl (C=O) groups excluding carboxylic acids is 3. The number of hydrogen-bond donors (Lipinski definition) is 3. The summed E-state index contributed by atoms with van der Waals surface area (Å²) >= 11 is 0. The van der Waals surface area contributed by atoms with E-state index in [2.05, 4.69) is 20.9 Å². The number of nitrogens with one attached hydrogen (secondary N) is 3. The lowest BCUT2D eigenvalue weighted by Gasteiger charge is -2.33. The van der Waals surface area contributed by atoms with Gasteiger partial charge in [0.1, 0.15) is 16.8 Å². The first kappa shape index (κ1) is 24.3. The third-order valence-corrected chi connectivity index (χ3v) is 5.42. The molecule has 33 heavy (non-hydrogen) atoms. The second-order valence-electron chi connectivity index (χ2n) is 9.22. The number of H-pyrrole nitrogens is 1. The Morgan fingerprint density at radius 3 is 2.55 bits per heavy atom. The van der Waals surface area contributed by atoms with Crippen LogP contribution >= 0.6 is 0 Å². The summed E-state index contributed by atoms with van der Waals surface area (Å²) in [5.41, 5.74) is 4.91. The molecule has 3 amide bonds. The van der Waals surface area contributed by atoms with Crippen molar-refractivity contribution in [3.05, 3.63) is 33.9 Å². The largest absolute Gasteiger partial charge is 0.444 e. The van der Waals surface area contributed by atoms with Crippen molar-refractivity contribution in [1.29, 1.82) is 0 Å². The maximum Gasteiger partial charge on any atom is 0.410 e. The zero-order valence-electron chi connectivity index (χ0n) is 19.6. The molecule has 0 atom stereocenters. The van der Waals surface area contributed by atoms with Crippen molar-refractivity contribution in [1.82, 2.24) is 30.3 Å². The van der Waals surface area contributed by atoms with Crippen molar-refractivity contribution in [2.45, 2.75) is 71.3 Å². The van der Waals surface area contributed by atoms with E-state index in [-0.39, 0.29) is 34.7 Å². The second-order valence-corrected chi connectivity index (χ2v) is 9.22. The Labute approximate surface area is 191 Å². The van der Waals surface area contributed by atoms with Crippen LogP contribution in [0.5, 0.6) is 0 Å². The van der Waals surface area contributed by atoms with Crippen LogP contribution in [0.2, 0.25) is 0 Å². The first-order chi connectivity index (χ1) is 15.6. The molecule has 0 unspecified atom stereocenters. The van der Waals surface area contributed by atoms with E-state index in [1.807, 2.05) is 27.7 Å². The molecule has 0 aromatic carbocycles. The van der Waals surface area contributed by atoms with Gasteiger partial charge in [-0.05, 0) is 40.0 Å². The van der Waals surface area contributed by atoms with Crippen molar-refractivity contribution in [3.8, 4) is 0 Å². The van der Waals surface area contributed by atoms with Crippen LogP contribution in [-0.4, -0.2) is 56.1 Å². The zero-order chi connectivity index (χ0) is 24.2. The predicted octanol–water partition coefficient (Wildman–Crippen LogP) is 2.09. The molecule has 0 aliphatic carbocycles. The molecule has 11 nitrogen and oxygen atoms in total. The maximum absolute atomic E-state index is 12.6. The second kappa shape index (κ2) is 10.1. The highest BCUT2D eigenvalue weighted by Crippen LogP contribution is 2.28. The van der Waals surface area contributed by atoms with E-state index >= 15 is 0 Å². The number of amides is 3. The van der Waals surface area contributed by atoms with Gasteiger partial charge in [-0.2, -0.15) is 5.10 Å². The summed E-state index contributed by atoms with van der Waals surface area (Å²) in [5, 5.41) is 4.30. The summed E-state index contributed by atoms with van der Waals surface area (Å²) in [6.45, 7) is 8.44. The highest BCUT2D eigenvalue weighted by molar-refractivity contribution is 6.00. The van der Waals surface area contributed by atoms with Crippen molar-refractivity contribution in [3.63, 3.8) is 0 Å². The molecule has 180 valence electrons. The standard InChI is InChI=1S/C22H32N6O5/c1-5-6-7-17(29)25-26-20(31)15-13-23-28-16(12-18(30)24-19(15)28)14-8-10-27(11-9-14)21(32)33-22(2,3)4/h12-14H,5-11H2,1-4H3,(H,24,30)(H,25,29)(H,26,31). The van der Waals surface area contributed by atoms with Crippen molar-refractivity contribution < 1.29 is 19.1 Å². The van der Waals surface area contributed by atoms with Gasteiger partial charge >= 0.3 is 6.09 Å². The van der Waals surface area contributed by atoms with E-state index < -0.39 is 11.5 Å². The Hall–Kier alpha value is -3.37. The molecule has 3 rings (SSSR count). The summed E-state index contributed by atoms with van der Waals surface area (Å²) in [7, 11) is 0. The molecular formula is C22H32N6O5. The predicted molar refractivity (Wildman–Crippen MR) is 121 cm³/mol. The average molecular weight is 461 g/mol. The molecule has 1 aliphatic heterocycles. The van der Waals surface area contributed by atoms with Gasteiger partial charge in [0.25, 0.3) is 11.5 Å². The molecule has 0 radical (unpaired) electrons. The van der Waals surface area contributed by atoms with E-state index in [1.165, 1.54) is 12.3 Å². The first-order valence-electron chi connectivity index (χ1n) is 11.3. The average Bonchev–Trinajstić information content (AvgIpc) is 3.18. The molecular weight excluding hydrogens is 428 g/mol. The van der Waals surface area contributed by atoms with E-state index in [1.54, 1.807) is 9.42 Å². The molecule has 11 heteroatoms. The highest BCUT2D eigenvalue weighted by Gasteiger charge is 2.29. The molecule has 2 aromatic rings. The van der Waals surface area contributed by atoms with Crippen LogP contribution in [0.25, 0.3) is 5.65 Å². The van der Waals surface area contributed by atoms with Gasteiger partial charge in [-0.15, -0.1) is 0 Å². The Bertz CT molecular complexity index is 1080. The number of aromatic nitrogens is 3. The fourth-order valence-electron chi connectivity index (χ4n) is 3.75. The van der Waals surface area contributed by atoms with Gasteiger partial charge in [-0.3, -0.25) is 25.2 Å². The van der Waals surface area contributed by atoms with E-state index in [0.717, 1.165) is 12.8 Å². The van der Waals surface area contributed by atoms with Crippen molar-refractivity contribution in [2.24, 2.45) is 0 Å². The molecule has 1 fully saturated rings. The Balaban J connectivity index is 1.72. The quantitative estimate of drug-likeness (QED) is 0.584. The van der Waals surface area contributed by atoms with Gasteiger partial charge in [0, 0.05) is 31.5 Å². The smallest absolute Gasteiger partial charge is 0.410 e. The molecule has 3 heterocycles. The minimum atomic E-state index is -0.567. The van der Waals surface area contributed by atoms with Gasteiger partial charge in [-0.1, -0.05) is 13.3 Å². The number of piperidine rings is 1. The minimum Gasteiger partial charge on any atom is -0.444 e. The number of nitrogens with zero attached hydrogens (tertiary/aromatic N) is 3. The van der Waals surface area contributed by atoms with E-state index in [9.17, 15) is 19.2 Å². The van der Waals surface area contributed by atoms with Crippen LogP contribution < -0.4 is 16.4 Å². The van der Waals surface area contributed by atoms with Crippen molar-refractivity contribution >= 4 is 23.6 Å². The topological polar surface area (TPSA) is 138 Å². The fourth-order valence-corrected chi connectivity index (χ4v) is 3.75. The van der Waals surface area contributed by atoms with Gasteiger partial charge < -0.3 is 14.6 Å². The Kier molecular flexibility index (Phi) is 7.39. The number of hydrogen-bond acceptors (Lipinski definition) is 6. The number of likely N-dealkylation sites (tertiary alicyclic amines) is 1. The van der Waals surface area contributed by atoms with Crippen LogP contribution in [0.15, 0.2) is 17.1 Å². The van der Waals surface area contributed by atoms with Gasteiger partial charge in [-0.25, -0.2) is 9.31 Å². The lowest BCUT2D eigenvalue weighted by Crippen LogP contribution is -2.42. The van der Waals surface area contributed by atoms with Crippen LogP contribution in [0, 0.1) is 0 Å². The molecule has 0 bridgehead atoms. The highest BCUT2D eigenvalue weighted by atomic mass is 16.6. The molecule has 2 aromatic heterocycles. The summed E-state index contributed by atoms with van der Waals surface area (Å²) in [4.78, 5) is 53.3.